The molecule has 8 nitrogen and oxygen atoms in total. The van der Waals surface area contributed by atoms with E-state index in [2.05, 4.69) is 20.2 Å². The molecule has 0 spiro atoms. The van der Waals surface area contributed by atoms with E-state index in [4.69, 9.17) is 0 Å². The highest BCUT2D eigenvalue weighted by Gasteiger charge is 2.49. The van der Waals surface area contributed by atoms with Gasteiger partial charge < -0.3 is 9.80 Å². The number of nitrogens with zero attached hydrogens (tertiary/aromatic N) is 7. The maximum Gasteiger partial charge on any atom is 0.417 e. The topological polar surface area (TPSA) is 80.0 Å². The number of hydrogen-bond acceptors (Lipinski definition) is 6. The van der Waals surface area contributed by atoms with E-state index in [1.54, 1.807) is 22.9 Å². The van der Waals surface area contributed by atoms with Gasteiger partial charge in [-0.1, -0.05) is 0 Å². The second-order valence-electron chi connectivity index (χ2n) is 9.42. The lowest BCUT2D eigenvalue weighted by Crippen LogP contribution is -2.53. The number of likely N-dealkylation sites (tertiary alicyclic amines) is 1. The number of hydrogen-bond donors (Lipinski definition) is 0. The largest absolute Gasteiger partial charge is 0.417 e. The lowest BCUT2D eigenvalue weighted by Gasteiger charge is -2.41. The molecular formula is C24H26F3N7O. The number of halogens is 3. The molecule has 2 fully saturated rings. The van der Waals surface area contributed by atoms with Gasteiger partial charge in [-0.2, -0.15) is 23.4 Å². The number of fused-ring (bicyclic) bond motifs is 1. The van der Waals surface area contributed by atoms with Gasteiger partial charge in [0, 0.05) is 25.5 Å². The Kier molecular flexibility index (Phi) is 5.52. The van der Waals surface area contributed by atoms with Gasteiger partial charge >= 0.3 is 6.18 Å². The van der Waals surface area contributed by atoms with Crippen LogP contribution in [0.25, 0.3) is 5.69 Å². The highest BCUT2D eigenvalue weighted by Crippen LogP contribution is 2.48. The fraction of sp³-hybridized carbons (Fsp3) is 0.458. The summed E-state index contributed by atoms with van der Waals surface area (Å²) in [4.78, 5) is 27.5. The van der Waals surface area contributed by atoms with Crippen LogP contribution in [-0.2, 0) is 6.18 Å². The van der Waals surface area contributed by atoms with Gasteiger partial charge in [0.1, 0.15) is 17.7 Å². The quantitative estimate of drug-likeness (QED) is 0.557. The van der Waals surface area contributed by atoms with E-state index in [9.17, 15) is 18.0 Å². The average molecular weight is 486 g/mol. The second-order valence-corrected chi connectivity index (χ2v) is 9.42. The van der Waals surface area contributed by atoms with Gasteiger partial charge in [-0.3, -0.25) is 4.79 Å². The zero-order valence-corrected chi connectivity index (χ0v) is 19.9. The first-order valence-corrected chi connectivity index (χ1v) is 11.5. The molecule has 3 aromatic heterocycles. The van der Waals surface area contributed by atoms with Crippen molar-refractivity contribution in [1.29, 1.82) is 0 Å². The van der Waals surface area contributed by atoms with Crippen molar-refractivity contribution in [3.05, 3.63) is 58.8 Å². The molecule has 1 aliphatic carbocycles. The predicted octanol–water partition coefficient (Wildman–Crippen LogP) is 3.95. The predicted molar refractivity (Wildman–Crippen MR) is 122 cm³/mol. The van der Waals surface area contributed by atoms with E-state index in [-0.39, 0.29) is 17.8 Å². The number of anilines is 1. The Bertz CT molecular complexity index is 1250. The Morgan fingerprint density at radius 1 is 1.03 bits per heavy atom. The summed E-state index contributed by atoms with van der Waals surface area (Å²) in [6.07, 6.45) is -2.24. The third-order valence-electron chi connectivity index (χ3n) is 6.96. The van der Waals surface area contributed by atoms with Gasteiger partial charge in [-0.25, -0.2) is 9.97 Å². The number of rotatable bonds is 4. The fourth-order valence-corrected chi connectivity index (χ4v) is 4.66. The second kappa shape index (κ2) is 8.31. The molecule has 1 saturated heterocycles. The van der Waals surface area contributed by atoms with Crippen molar-refractivity contribution >= 4 is 11.7 Å². The zero-order chi connectivity index (χ0) is 25.1. The number of carbonyl (C=O) groups excluding carboxylic acids is 1. The summed E-state index contributed by atoms with van der Waals surface area (Å²) in [5.74, 6) is 1.02. The normalized spacial score (nSPS) is 21.6. The molecule has 3 aromatic rings. The molecule has 184 valence electrons. The van der Waals surface area contributed by atoms with Gasteiger partial charge in [-0.05, 0) is 69.7 Å². The first-order chi connectivity index (χ1) is 16.5. The average Bonchev–Trinajstić information content (AvgIpc) is 3.52. The minimum absolute atomic E-state index is 0.248. The first-order valence-electron chi connectivity index (χ1n) is 11.5. The van der Waals surface area contributed by atoms with E-state index in [0.717, 1.165) is 36.5 Å². The summed E-state index contributed by atoms with van der Waals surface area (Å²) in [5.41, 5.74) is 2.14. The monoisotopic (exact) mass is 485 g/mol. The fourth-order valence-electron chi connectivity index (χ4n) is 4.66. The Morgan fingerprint density at radius 3 is 2.37 bits per heavy atom. The van der Waals surface area contributed by atoms with Crippen LogP contribution in [0.15, 0.2) is 30.5 Å². The zero-order valence-electron chi connectivity index (χ0n) is 19.9. The number of piperidine rings is 1. The summed E-state index contributed by atoms with van der Waals surface area (Å²) in [5, 5.41) is 8.87. The Balaban J connectivity index is 1.48. The van der Waals surface area contributed by atoms with Crippen molar-refractivity contribution in [3.8, 4) is 5.69 Å². The van der Waals surface area contributed by atoms with E-state index in [1.165, 1.54) is 10.9 Å². The Morgan fingerprint density at radius 2 is 1.74 bits per heavy atom. The van der Waals surface area contributed by atoms with Crippen LogP contribution >= 0.6 is 0 Å². The smallest absolute Gasteiger partial charge is 0.339 e. The van der Waals surface area contributed by atoms with Gasteiger partial charge in [0.15, 0.2) is 5.69 Å². The number of amides is 1. The summed E-state index contributed by atoms with van der Waals surface area (Å²) >= 11 is 0. The molecule has 1 amide bonds. The van der Waals surface area contributed by atoms with Crippen molar-refractivity contribution in [3.63, 3.8) is 0 Å². The minimum atomic E-state index is -4.46. The maximum atomic E-state index is 13.9. The van der Waals surface area contributed by atoms with Crippen molar-refractivity contribution in [2.75, 3.05) is 18.5 Å². The third kappa shape index (κ3) is 4.35. The van der Waals surface area contributed by atoms with E-state index < -0.39 is 11.7 Å². The molecule has 2 aliphatic rings. The van der Waals surface area contributed by atoms with Crippen LogP contribution in [0.3, 0.4) is 0 Å². The summed E-state index contributed by atoms with van der Waals surface area (Å²) in [6.45, 7) is 6.07. The molecule has 0 N–H and O–H groups in total. The molecule has 0 aromatic carbocycles. The van der Waals surface area contributed by atoms with Crippen LogP contribution < -0.4 is 4.90 Å². The molecule has 1 saturated carbocycles. The molecule has 4 heterocycles. The summed E-state index contributed by atoms with van der Waals surface area (Å²) in [7, 11) is 1.76. The summed E-state index contributed by atoms with van der Waals surface area (Å²) in [6, 6.07) is 5.96. The van der Waals surface area contributed by atoms with Crippen molar-refractivity contribution in [1.82, 2.24) is 29.9 Å². The molecule has 3 atom stereocenters. The van der Waals surface area contributed by atoms with Crippen LogP contribution in [0.5, 0.6) is 0 Å². The SMILES string of the molecule is Cc1ccc(-n2nc(C)c(C)n2)c(C(=O)N2CC3CC3CC2N(C)c2ccc(C(F)(F)F)cn2)n1. The maximum absolute atomic E-state index is 13.9. The number of pyridine rings is 2. The summed E-state index contributed by atoms with van der Waals surface area (Å²) < 4.78 is 39.0. The molecule has 0 bridgehead atoms. The van der Waals surface area contributed by atoms with Gasteiger partial charge in [0.05, 0.1) is 17.0 Å². The standard InChI is InChI=1S/C24H26F3N7O/c1-13-5-7-19(34-30-14(2)15(3)31-34)22(29-13)23(35)33-12-17-9-16(17)10-21(33)32(4)20-8-6-18(11-28-20)24(25,26)27/h5-8,11,16-17,21H,9-10,12H2,1-4H3. The third-order valence-corrected chi connectivity index (χ3v) is 6.96. The van der Waals surface area contributed by atoms with Gasteiger partial charge in [-0.15, -0.1) is 4.80 Å². The van der Waals surface area contributed by atoms with Crippen LogP contribution in [0.2, 0.25) is 0 Å². The molecule has 35 heavy (non-hydrogen) atoms. The minimum Gasteiger partial charge on any atom is -0.339 e. The van der Waals surface area contributed by atoms with Crippen molar-refractivity contribution in [2.24, 2.45) is 11.8 Å². The van der Waals surface area contributed by atoms with Crippen LogP contribution in [-0.4, -0.2) is 55.5 Å². The van der Waals surface area contributed by atoms with Crippen molar-refractivity contribution < 1.29 is 18.0 Å². The molecule has 0 radical (unpaired) electrons. The highest BCUT2D eigenvalue weighted by molar-refractivity contribution is 5.96. The number of aryl methyl sites for hydroxylation is 3. The molecular weight excluding hydrogens is 459 g/mol. The highest BCUT2D eigenvalue weighted by atomic mass is 19.4. The first kappa shape index (κ1) is 23.3. The molecule has 1 aliphatic heterocycles. The molecule has 5 rings (SSSR count). The lowest BCUT2D eigenvalue weighted by molar-refractivity contribution is -0.137. The Hall–Kier alpha value is -3.50. The molecule has 3 unspecified atom stereocenters. The van der Waals surface area contributed by atoms with E-state index in [1.807, 2.05) is 26.8 Å². The van der Waals surface area contributed by atoms with Gasteiger partial charge in [0.25, 0.3) is 5.91 Å². The van der Waals surface area contributed by atoms with E-state index >= 15 is 0 Å². The molecule has 11 heteroatoms. The number of aromatic nitrogens is 5. The van der Waals surface area contributed by atoms with E-state index in [0.29, 0.717) is 35.6 Å². The van der Waals surface area contributed by atoms with Crippen LogP contribution in [0.1, 0.15) is 46.0 Å². The number of alkyl halides is 3. The Labute approximate surface area is 200 Å². The van der Waals surface area contributed by atoms with Crippen LogP contribution in [0.4, 0.5) is 19.0 Å². The lowest BCUT2D eigenvalue weighted by atomic mass is 10.1. The number of carbonyl (C=O) groups is 1. The van der Waals surface area contributed by atoms with Crippen LogP contribution in [0, 0.1) is 32.6 Å². The van der Waals surface area contributed by atoms with Gasteiger partial charge in [0.2, 0.25) is 0 Å². The van der Waals surface area contributed by atoms with Crippen molar-refractivity contribution in [2.45, 2.75) is 46.0 Å².